The van der Waals surface area contributed by atoms with Crippen molar-refractivity contribution < 1.29 is 0 Å². The Morgan fingerprint density at radius 2 is 2.39 bits per heavy atom. The third-order valence-corrected chi connectivity index (χ3v) is 3.46. The van der Waals surface area contributed by atoms with Crippen molar-refractivity contribution in [2.75, 3.05) is 0 Å². The maximum absolute atomic E-state index is 11.4. The molecular weight excluding hydrogens is 250 g/mol. The molecule has 0 unspecified atom stereocenters. The van der Waals surface area contributed by atoms with Crippen molar-refractivity contribution in [3.8, 4) is 6.07 Å². The number of nitriles is 1. The average Bonchev–Trinajstić information content (AvgIpc) is 2.70. The molecule has 0 saturated carbocycles. The molecule has 0 bridgehead atoms. The molecule has 0 aliphatic rings. The van der Waals surface area contributed by atoms with Crippen LogP contribution in [0.5, 0.6) is 0 Å². The van der Waals surface area contributed by atoms with Gasteiger partial charge in [-0.1, -0.05) is 0 Å². The molecule has 2 heterocycles. The Morgan fingerprint density at radius 1 is 1.61 bits per heavy atom. The van der Waals surface area contributed by atoms with E-state index in [1.165, 1.54) is 16.3 Å². The summed E-state index contributed by atoms with van der Waals surface area (Å²) in [5.41, 5.74) is 1.11. The van der Waals surface area contributed by atoms with Gasteiger partial charge in [0.1, 0.15) is 11.1 Å². The molecule has 0 atom stereocenters. The number of nitrogens with one attached hydrogen (secondary N) is 1. The number of pyridine rings is 1. The molecule has 2 aromatic heterocycles. The van der Waals surface area contributed by atoms with E-state index >= 15 is 0 Å². The standard InChI is InChI=1S/C11H11N5OS/c1-3-16-10(17)14-15-11(16)18-9-8(6-12)7(2)4-5-13-9/h4-5H,3H2,1-2H3,(H,14,17). The lowest BCUT2D eigenvalue weighted by atomic mass is 10.2. The molecule has 0 amide bonds. The van der Waals surface area contributed by atoms with Gasteiger partial charge < -0.3 is 0 Å². The van der Waals surface area contributed by atoms with E-state index in [-0.39, 0.29) is 5.69 Å². The van der Waals surface area contributed by atoms with Crippen LogP contribution in [0, 0.1) is 18.3 Å². The summed E-state index contributed by atoms with van der Waals surface area (Å²) in [5, 5.41) is 16.5. The molecule has 0 saturated heterocycles. The number of hydrogen-bond donors (Lipinski definition) is 1. The third-order valence-electron chi connectivity index (χ3n) is 2.46. The van der Waals surface area contributed by atoms with Gasteiger partial charge in [-0.15, -0.1) is 5.10 Å². The summed E-state index contributed by atoms with van der Waals surface area (Å²) in [4.78, 5) is 15.6. The highest BCUT2D eigenvalue weighted by molar-refractivity contribution is 7.99. The van der Waals surface area contributed by atoms with E-state index in [0.717, 1.165) is 5.56 Å². The maximum atomic E-state index is 11.4. The van der Waals surface area contributed by atoms with Crippen molar-refractivity contribution in [2.24, 2.45) is 0 Å². The van der Waals surface area contributed by atoms with Gasteiger partial charge in [0.25, 0.3) is 0 Å². The number of aromatic nitrogens is 4. The van der Waals surface area contributed by atoms with Crippen LogP contribution in [0.15, 0.2) is 27.2 Å². The Hall–Kier alpha value is -2.07. The van der Waals surface area contributed by atoms with Crippen molar-refractivity contribution in [2.45, 2.75) is 30.6 Å². The molecule has 0 aromatic carbocycles. The topological polar surface area (TPSA) is 87.4 Å². The molecule has 0 aliphatic heterocycles. The highest BCUT2D eigenvalue weighted by atomic mass is 32.2. The molecule has 92 valence electrons. The monoisotopic (exact) mass is 261 g/mol. The zero-order chi connectivity index (χ0) is 13.1. The van der Waals surface area contributed by atoms with Crippen molar-refractivity contribution in [1.82, 2.24) is 19.7 Å². The Kier molecular flexibility index (Phi) is 3.48. The van der Waals surface area contributed by atoms with E-state index < -0.39 is 0 Å². The highest BCUT2D eigenvalue weighted by Gasteiger charge is 2.13. The molecule has 1 N–H and O–H groups in total. The van der Waals surface area contributed by atoms with Gasteiger partial charge in [0.15, 0.2) is 5.16 Å². The lowest BCUT2D eigenvalue weighted by Crippen LogP contribution is -2.16. The van der Waals surface area contributed by atoms with Crippen LogP contribution >= 0.6 is 11.8 Å². The van der Waals surface area contributed by atoms with Crippen LogP contribution in [0.4, 0.5) is 0 Å². The fourth-order valence-electron chi connectivity index (χ4n) is 1.49. The summed E-state index contributed by atoms with van der Waals surface area (Å²) in [6.07, 6.45) is 1.64. The van der Waals surface area contributed by atoms with E-state index in [0.29, 0.717) is 22.3 Å². The Bertz CT molecular complexity index is 667. The van der Waals surface area contributed by atoms with Crippen molar-refractivity contribution in [1.29, 1.82) is 5.26 Å². The van der Waals surface area contributed by atoms with Crippen LogP contribution in [0.2, 0.25) is 0 Å². The number of rotatable bonds is 3. The summed E-state index contributed by atoms with van der Waals surface area (Å²) in [7, 11) is 0. The number of aromatic amines is 1. The third kappa shape index (κ3) is 2.15. The quantitative estimate of drug-likeness (QED) is 0.900. The summed E-state index contributed by atoms with van der Waals surface area (Å²) in [6, 6.07) is 3.90. The first kappa shape index (κ1) is 12.4. The Labute approximate surface area is 108 Å². The summed E-state index contributed by atoms with van der Waals surface area (Å²) < 4.78 is 1.50. The van der Waals surface area contributed by atoms with E-state index in [1.807, 2.05) is 13.8 Å². The first-order valence-corrected chi connectivity index (χ1v) is 6.17. The van der Waals surface area contributed by atoms with Gasteiger partial charge in [0.2, 0.25) is 0 Å². The fraction of sp³-hybridized carbons (Fsp3) is 0.273. The molecule has 2 rings (SSSR count). The summed E-state index contributed by atoms with van der Waals surface area (Å²) in [5.74, 6) is 0. The number of aryl methyl sites for hydroxylation is 1. The minimum atomic E-state index is -0.258. The van der Waals surface area contributed by atoms with Crippen LogP contribution in [0.1, 0.15) is 18.1 Å². The molecule has 0 fully saturated rings. The van der Waals surface area contributed by atoms with Crippen LogP contribution in [0.25, 0.3) is 0 Å². The summed E-state index contributed by atoms with van der Waals surface area (Å²) >= 11 is 1.21. The zero-order valence-electron chi connectivity index (χ0n) is 9.97. The molecule has 0 spiro atoms. The van der Waals surface area contributed by atoms with Gasteiger partial charge in [-0.2, -0.15) is 5.26 Å². The Morgan fingerprint density at radius 3 is 3.06 bits per heavy atom. The fourth-order valence-corrected chi connectivity index (χ4v) is 2.50. The molecule has 2 aromatic rings. The van der Waals surface area contributed by atoms with Gasteiger partial charge in [-0.05, 0) is 37.2 Å². The largest absolute Gasteiger partial charge is 0.343 e. The second-order valence-electron chi connectivity index (χ2n) is 3.58. The molecule has 0 aliphatic carbocycles. The number of H-pyrrole nitrogens is 1. The minimum Gasteiger partial charge on any atom is -0.270 e. The minimum absolute atomic E-state index is 0.258. The second kappa shape index (κ2) is 5.06. The van der Waals surface area contributed by atoms with Crippen molar-refractivity contribution in [3.63, 3.8) is 0 Å². The number of nitrogens with zero attached hydrogens (tertiary/aromatic N) is 4. The Balaban J connectivity index is 2.44. The molecular formula is C11H11N5OS. The van der Waals surface area contributed by atoms with Gasteiger partial charge in [-0.3, -0.25) is 4.57 Å². The van der Waals surface area contributed by atoms with E-state index in [1.54, 1.807) is 12.3 Å². The highest BCUT2D eigenvalue weighted by Crippen LogP contribution is 2.27. The van der Waals surface area contributed by atoms with Gasteiger partial charge in [0.05, 0.1) is 5.56 Å². The van der Waals surface area contributed by atoms with Crippen LogP contribution in [-0.2, 0) is 6.54 Å². The first-order chi connectivity index (χ1) is 8.67. The van der Waals surface area contributed by atoms with Gasteiger partial charge in [0, 0.05) is 12.7 Å². The molecule has 0 radical (unpaired) electrons. The molecule has 7 heteroatoms. The van der Waals surface area contributed by atoms with Crippen molar-refractivity contribution in [3.05, 3.63) is 33.9 Å². The van der Waals surface area contributed by atoms with Gasteiger partial charge >= 0.3 is 5.69 Å². The zero-order valence-corrected chi connectivity index (χ0v) is 10.8. The lowest BCUT2D eigenvalue weighted by Gasteiger charge is -2.04. The SMILES string of the molecule is CCn1c(Sc2nccc(C)c2C#N)n[nH]c1=O. The van der Waals surface area contributed by atoms with Crippen molar-refractivity contribution >= 4 is 11.8 Å². The van der Waals surface area contributed by atoms with Crippen LogP contribution in [-0.4, -0.2) is 19.7 Å². The molecule has 6 nitrogen and oxygen atoms in total. The predicted molar refractivity (Wildman–Crippen MR) is 66.3 cm³/mol. The van der Waals surface area contributed by atoms with Crippen LogP contribution < -0.4 is 5.69 Å². The predicted octanol–water partition coefficient (Wildman–Crippen LogP) is 1.32. The summed E-state index contributed by atoms with van der Waals surface area (Å²) in [6.45, 7) is 4.23. The average molecular weight is 261 g/mol. The second-order valence-corrected chi connectivity index (χ2v) is 4.53. The lowest BCUT2D eigenvalue weighted by molar-refractivity contribution is 0.660. The number of hydrogen-bond acceptors (Lipinski definition) is 5. The maximum Gasteiger partial charge on any atom is 0.343 e. The first-order valence-electron chi connectivity index (χ1n) is 5.36. The molecule has 18 heavy (non-hydrogen) atoms. The van der Waals surface area contributed by atoms with E-state index in [2.05, 4.69) is 21.3 Å². The normalized spacial score (nSPS) is 10.3. The van der Waals surface area contributed by atoms with Crippen LogP contribution in [0.3, 0.4) is 0 Å². The smallest absolute Gasteiger partial charge is 0.270 e. The van der Waals surface area contributed by atoms with E-state index in [4.69, 9.17) is 5.26 Å². The van der Waals surface area contributed by atoms with E-state index in [9.17, 15) is 4.79 Å². The van der Waals surface area contributed by atoms with Gasteiger partial charge in [-0.25, -0.2) is 14.9 Å².